The van der Waals surface area contributed by atoms with E-state index in [0.29, 0.717) is 12.2 Å². The molecule has 0 unspecified atom stereocenters. The number of nitrogens with one attached hydrogen (secondary N) is 1. The zero-order chi connectivity index (χ0) is 13.8. The van der Waals surface area contributed by atoms with Gasteiger partial charge in [-0.2, -0.15) is 0 Å². The number of hydrogen-bond acceptors (Lipinski definition) is 2. The molecule has 2 rings (SSSR count). The third-order valence-electron chi connectivity index (χ3n) is 3.66. The minimum atomic E-state index is 0.361. The largest absolute Gasteiger partial charge is 0.487 e. The number of quaternary nitrogens is 1. The molecule has 1 fully saturated rings. The van der Waals surface area contributed by atoms with Crippen molar-refractivity contribution in [1.82, 2.24) is 0 Å². The van der Waals surface area contributed by atoms with Crippen molar-refractivity contribution in [3.05, 3.63) is 29.3 Å². The maximum atomic E-state index is 5.90. The van der Waals surface area contributed by atoms with Crippen molar-refractivity contribution in [2.24, 2.45) is 0 Å². The molecule has 1 heterocycles. The number of rotatable bonds is 4. The van der Waals surface area contributed by atoms with Crippen molar-refractivity contribution < 1.29 is 14.4 Å². The van der Waals surface area contributed by atoms with E-state index in [4.69, 9.17) is 9.47 Å². The molecule has 1 saturated heterocycles. The van der Waals surface area contributed by atoms with Crippen molar-refractivity contribution in [2.75, 3.05) is 26.2 Å². The van der Waals surface area contributed by atoms with Crippen LogP contribution in [0.3, 0.4) is 0 Å². The lowest BCUT2D eigenvalue weighted by Gasteiger charge is -2.32. The summed E-state index contributed by atoms with van der Waals surface area (Å²) in [6, 6.07) is 6.35. The fraction of sp³-hybridized carbons (Fsp3) is 0.625. The van der Waals surface area contributed by atoms with E-state index in [2.05, 4.69) is 45.9 Å². The molecule has 1 aliphatic heterocycles. The van der Waals surface area contributed by atoms with Crippen LogP contribution in [0.25, 0.3) is 0 Å². The van der Waals surface area contributed by atoms with Gasteiger partial charge in [0.2, 0.25) is 0 Å². The van der Waals surface area contributed by atoms with Gasteiger partial charge in [-0.25, -0.2) is 0 Å². The second-order valence-corrected chi connectivity index (χ2v) is 5.78. The maximum absolute atomic E-state index is 5.90. The quantitative estimate of drug-likeness (QED) is 0.888. The lowest BCUT2D eigenvalue weighted by molar-refractivity contribution is -0.915. The monoisotopic (exact) mass is 264 g/mol. The zero-order valence-electron chi connectivity index (χ0n) is 12.5. The van der Waals surface area contributed by atoms with Gasteiger partial charge in [0.25, 0.3) is 0 Å². The molecule has 0 aromatic heterocycles. The van der Waals surface area contributed by atoms with Crippen LogP contribution in [0.2, 0.25) is 0 Å². The Labute approximate surface area is 116 Å². The Kier molecular flexibility index (Phi) is 4.83. The summed E-state index contributed by atoms with van der Waals surface area (Å²) in [5.74, 6) is 1.01. The molecule has 1 aliphatic rings. The van der Waals surface area contributed by atoms with Gasteiger partial charge in [-0.05, 0) is 39.3 Å². The zero-order valence-corrected chi connectivity index (χ0v) is 12.5. The topological polar surface area (TPSA) is 22.9 Å². The molecule has 2 atom stereocenters. The van der Waals surface area contributed by atoms with Crippen LogP contribution < -0.4 is 9.64 Å². The van der Waals surface area contributed by atoms with E-state index < -0.39 is 0 Å². The van der Waals surface area contributed by atoms with E-state index in [0.717, 1.165) is 32.0 Å². The highest BCUT2D eigenvalue weighted by molar-refractivity contribution is 5.35. The van der Waals surface area contributed by atoms with Crippen LogP contribution in [0, 0.1) is 13.8 Å². The standard InChI is InChI=1S/C16H25NO2/c1-12-5-6-16(13(2)9-12)18-8-7-17-10-14(3)19-15(4)11-17/h5-6,9,14-15H,7-8,10-11H2,1-4H3/p+1/t14-,15-/m1/s1. The fourth-order valence-corrected chi connectivity index (χ4v) is 2.86. The first kappa shape index (κ1) is 14.4. The SMILES string of the molecule is Cc1ccc(OCC[NH+]2C[C@@H](C)O[C@H](C)C2)c(C)c1. The lowest BCUT2D eigenvalue weighted by Crippen LogP contribution is -3.16. The molecule has 0 bridgehead atoms. The number of hydrogen-bond donors (Lipinski definition) is 1. The number of aryl methyl sites for hydroxylation is 2. The predicted octanol–water partition coefficient (Wildman–Crippen LogP) is 1.37. The van der Waals surface area contributed by atoms with E-state index in [1.54, 1.807) is 4.90 Å². The highest BCUT2D eigenvalue weighted by Gasteiger charge is 2.25. The summed E-state index contributed by atoms with van der Waals surface area (Å²) in [5.41, 5.74) is 2.50. The van der Waals surface area contributed by atoms with Crippen LogP contribution >= 0.6 is 0 Å². The summed E-state index contributed by atoms with van der Waals surface area (Å²) in [6.45, 7) is 12.5. The molecule has 19 heavy (non-hydrogen) atoms. The highest BCUT2D eigenvalue weighted by atomic mass is 16.5. The van der Waals surface area contributed by atoms with Crippen molar-refractivity contribution in [3.63, 3.8) is 0 Å². The Morgan fingerprint density at radius 2 is 1.89 bits per heavy atom. The molecule has 0 amide bonds. The molecular weight excluding hydrogens is 238 g/mol. The summed E-state index contributed by atoms with van der Waals surface area (Å²) in [4.78, 5) is 1.58. The third kappa shape index (κ3) is 4.22. The van der Waals surface area contributed by atoms with E-state index in [1.807, 2.05) is 0 Å². The van der Waals surface area contributed by atoms with Gasteiger partial charge >= 0.3 is 0 Å². The summed E-state index contributed by atoms with van der Waals surface area (Å²) in [6.07, 6.45) is 0.722. The van der Waals surface area contributed by atoms with Gasteiger partial charge in [0, 0.05) is 0 Å². The molecule has 0 aliphatic carbocycles. The predicted molar refractivity (Wildman–Crippen MR) is 77.0 cm³/mol. The lowest BCUT2D eigenvalue weighted by atomic mass is 10.1. The Morgan fingerprint density at radius 3 is 2.53 bits per heavy atom. The first-order chi connectivity index (χ1) is 9.04. The van der Waals surface area contributed by atoms with Crippen LogP contribution in [0.15, 0.2) is 18.2 Å². The fourth-order valence-electron chi connectivity index (χ4n) is 2.86. The van der Waals surface area contributed by atoms with Crippen LogP contribution in [-0.2, 0) is 4.74 Å². The molecule has 3 heteroatoms. The normalized spacial score (nSPS) is 27.3. The molecule has 0 spiro atoms. The molecule has 0 saturated carbocycles. The molecular formula is C16H26NO2+. The van der Waals surface area contributed by atoms with Crippen LogP contribution in [0.5, 0.6) is 5.75 Å². The smallest absolute Gasteiger partial charge is 0.137 e. The van der Waals surface area contributed by atoms with E-state index >= 15 is 0 Å². The molecule has 1 aromatic rings. The van der Waals surface area contributed by atoms with Gasteiger partial charge in [0.15, 0.2) is 0 Å². The van der Waals surface area contributed by atoms with Crippen molar-refractivity contribution >= 4 is 0 Å². The second-order valence-electron chi connectivity index (χ2n) is 5.78. The van der Waals surface area contributed by atoms with Gasteiger partial charge in [-0.15, -0.1) is 0 Å². The van der Waals surface area contributed by atoms with Gasteiger partial charge in [-0.1, -0.05) is 17.7 Å². The van der Waals surface area contributed by atoms with Gasteiger partial charge in [0.05, 0.1) is 0 Å². The van der Waals surface area contributed by atoms with Gasteiger partial charge in [-0.3, -0.25) is 0 Å². The highest BCUT2D eigenvalue weighted by Crippen LogP contribution is 2.18. The summed E-state index contributed by atoms with van der Waals surface area (Å²) in [5, 5.41) is 0. The van der Waals surface area contributed by atoms with Gasteiger partial charge in [0.1, 0.15) is 44.2 Å². The Bertz CT molecular complexity index is 409. The van der Waals surface area contributed by atoms with E-state index in [1.165, 1.54) is 11.1 Å². The minimum Gasteiger partial charge on any atom is -0.487 e. The first-order valence-corrected chi connectivity index (χ1v) is 7.23. The van der Waals surface area contributed by atoms with Crippen LogP contribution in [0.1, 0.15) is 25.0 Å². The van der Waals surface area contributed by atoms with Crippen LogP contribution in [0.4, 0.5) is 0 Å². The minimum absolute atomic E-state index is 0.361. The number of benzene rings is 1. The second kappa shape index (κ2) is 6.40. The first-order valence-electron chi connectivity index (χ1n) is 7.23. The molecule has 3 nitrogen and oxygen atoms in total. The third-order valence-corrected chi connectivity index (χ3v) is 3.66. The van der Waals surface area contributed by atoms with Crippen molar-refractivity contribution in [1.29, 1.82) is 0 Å². The average Bonchev–Trinajstić information content (AvgIpc) is 2.30. The summed E-state index contributed by atoms with van der Waals surface area (Å²) < 4.78 is 11.7. The Balaban J connectivity index is 1.80. The Morgan fingerprint density at radius 1 is 1.21 bits per heavy atom. The van der Waals surface area contributed by atoms with Crippen LogP contribution in [-0.4, -0.2) is 38.4 Å². The summed E-state index contributed by atoms with van der Waals surface area (Å²) in [7, 11) is 0. The molecule has 0 radical (unpaired) electrons. The molecule has 1 aromatic carbocycles. The van der Waals surface area contributed by atoms with Crippen molar-refractivity contribution in [2.45, 2.75) is 39.9 Å². The molecule has 106 valence electrons. The number of ether oxygens (including phenoxy) is 2. The summed E-state index contributed by atoms with van der Waals surface area (Å²) >= 11 is 0. The van der Waals surface area contributed by atoms with E-state index in [-0.39, 0.29) is 0 Å². The van der Waals surface area contributed by atoms with Gasteiger partial charge < -0.3 is 14.4 Å². The average molecular weight is 264 g/mol. The molecule has 1 N–H and O–H groups in total. The number of morpholine rings is 1. The van der Waals surface area contributed by atoms with E-state index in [9.17, 15) is 0 Å². The maximum Gasteiger partial charge on any atom is 0.137 e. The Hall–Kier alpha value is -1.06. The van der Waals surface area contributed by atoms with Crippen molar-refractivity contribution in [3.8, 4) is 5.75 Å².